The third kappa shape index (κ3) is 6.30. The van der Waals surface area contributed by atoms with Gasteiger partial charge in [0.1, 0.15) is 0 Å². The highest BCUT2D eigenvalue weighted by Gasteiger charge is 2.07. The van der Waals surface area contributed by atoms with Crippen LogP contribution in [-0.2, 0) is 14.3 Å². The van der Waals surface area contributed by atoms with Crippen molar-refractivity contribution >= 4 is 45.3 Å². The maximum Gasteiger partial charge on any atom is 0.331 e. The summed E-state index contributed by atoms with van der Waals surface area (Å²) in [5.41, 5.74) is 0.628. The van der Waals surface area contributed by atoms with E-state index >= 15 is 0 Å². The standard InChI is InChI=1S/C17H14BrNO3S/c18-14-8-4-5-9-15(14)19-16(20)12-22-17(21)10-11-23-13-6-2-1-3-7-13/h1-11H,12H2,(H,19,20)/b11-10+. The van der Waals surface area contributed by atoms with E-state index in [0.717, 1.165) is 9.37 Å². The molecule has 118 valence electrons. The minimum absolute atomic E-state index is 0.333. The van der Waals surface area contributed by atoms with Crippen molar-refractivity contribution in [3.8, 4) is 0 Å². The van der Waals surface area contributed by atoms with Gasteiger partial charge in [0.15, 0.2) is 6.61 Å². The molecule has 6 heteroatoms. The summed E-state index contributed by atoms with van der Waals surface area (Å²) in [6.07, 6.45) is 1.30. The summed E-state index contributed by atoms with van der Waals surface area (Å²) in [5.74, 6) is -0.954. The molecule has 23 heavy (non-hydrogen) atoms. The van der Waals surface area contributed by atoms with Crippen molar-refractivity contribution in [2.75, 3.05) is 11.9 Å². The number of anilines is 1. The lowest BCUT2D eigenvalue weighted by atomic mass is 10.3. The summed E-state index contributed by atoms with van der Waals surface area (Å²) in [6.45, 7) is -0.333. The molecule has 0 aliphatic rings. The molecule has 0 heterocycles. The Morgan fingerprint density at radius 3 is 2.52 bits per heavy atom. The Bertz CT molecular complexity index is 704. The van der Waals surface area contributed by atoms with Crippen molar-refractivity contribution in [1.82, 2.24) is 0 Å². The monoisotopic (exact) mass is 391 g/mol. The van der Waals surface area contributed by atoms with Crippen LogP contribution in [0, 0.1) is 0 Å². The van der Waals surface area contributed by atoms with Gasteiger partial charge in [-0.05, 0) is 45.6 Å². The number of para-hydroxylation sites is 1. The fourth-order valence-corrected chi connectivity index (χ4v) is 2.64. The van der Waals surface area contributed by atoms with E-state index in [9.17, 15) is 9.59 Å². The van der Waals surface area contributed by atoms with E-state index in [4.69, 9.17) is 4.74 Å². The molecule has 2 aromatic carbocycles. The zero-order chi connectivity index (χ0) is 16.5. The number of ether oxygens (including phenoxy) is 1. The van der Waals surface area contributed by atoms with E-state index in [1.54, 1.807) is 17.5 Å². The van der Waals surface area contributed by atoms with Crippen molar-refractivity contribution in [3.63, 3.8) is 0 Å². The zero-order valence-electron chi connectivity index (χ0n) is 12.1. The molecular weight excluding hydrogens is 378 g/mol. The van der Waals surface area contributed by atoms with E-state index in [2.05, 4.69) is 21.2 Å². The molecule has 0 spiro atoms. The lowest BCUT2D eigenvalue weighted by Crippen LogP contribution is -2.20. The van der Waals surface area contributed by atoms with Gasteiger partial charge in [0, 0.05) is 15.4 Å². The lowest BCUT2D eigenvalue weighted by molar-refractivity contribution is -0.142. The maximum atomic E-state index is 11.7. The maximum absolute atomic E-state index is 11.7. The first-order chi connectivity index (χ1) is 11.1. The predicted octanol–water partition coefficient (Wildman–Crippen LogP) is 4.24. The summed E-state index contributed by atoms with van der Waals surface area (Å²) < 4.78 is 5.65. The predicted molar refractivity (Wildman–Crippen MR) is 95.2 cm³/mol. The van der Waals surface area contributed by atoms with Gasteiger partial charge in [-0.25, -0.2) is 4.79 Å². The largest absolute Gasteiger partial charge is 0.452 e. The number of amides is 1. The number of esters is 1. The first kappa shape index (κ1) is 17.3. The minimum Gasteiger partial charge on any atom is -0.452 e. The minimum atomic E-state index is -0.560. The molecular formula is C17H14BrNO3S. The van der Waals surface area contributed by atoms with Crippen molar-refractivity contribution in [2.24, 2.45) is 0 Å². The van der Waals surface area contributed by atoms with Crippen molar-refractivity contribution in [3.05, 3.63) is 70.6 Å². The van der Waals surface area contributed by atoms with Gasteiger partial charge in [0.05, 0.1) is 5.69 Å². The second-order valence-electron chi connectivity index (χ2n) is 4.37. The Morgan fingerprint density at radius 1 is 1.09 bits per heavy atom. The van der Waals surface area contributed by atoms with E-state index < -0.39 is 11.9 Å². The smallest absolute Gasteiger partial charge is 0.331 e. The molecule has 1 amide bonds. The number of hydrogen-bond acceptors (Lipinski definition) is 4. The molecule has 2 aromatic rings. The molecule has 0 radical (unpaired) electrons. The molecule has 0 saturated carbocycles. The number of carbonyl (C=O) groups is 2. The Balaban J connectivity index is 1.73. The van der Waals surface area contributed by atoms with Crippen LogP contribution >= 0.6 is 27.7 Å². The molecule has 1 N–H and O–H groups in total. The van der Waals surface area contributed by atoms with Gasteiger partial charge in [-0.3, -0.25) is 4.79 Å². The molecule has 0 saturated heterocycles. The first-order valence-electron chi connectivity index (χ1n) is 6.74. The van der Waals surface area contributed by atoms with Crippen LogP contribution in [0.15, 0.2) is 75.4 Å². The number of benzene rings is 2. The first-order valence-corrected chi connectivity index (χ1v) is 8.42. The van der Waals surface area contributed by atoms with E-state index in [1.165, 1.54) is 17.8 Å². The number of halogens is 1. The third-order valence-electron chi connectivity index (χ3n) is 2.64. The van der Waals surface area contributed by atoms with Gasteiger partial charge in [0.25, 0.3) is 5.91 Å². The van der Waals surface area contributed by atoms with Crippen LogP contribution in [-0.4, -0.2) is 18.5 Å². The van der Waals surface area contributed by atoms with Gasteiger partial charge >= 0.3 is 5.97 Å². The molecule has 0 aliphatic carbocycles. The third-order valence-corrected chi connectivity index (χ3v) is 4.15. The van der Waals surface area contributed by atoms with Crippen molar-refractivity contribution < 1.29 is 14.3 Å². The quantitative estimate of drug-likeness (QED) is 0.454. The highest BCUT2D eigenvalue weighted by Crippen LogP contribution is 2.21. The van der Waals surface area contributed by atoms with E-state index in [1.807, 2.05) is 42.5 Å². The topological polar surface area (TPSA) is 55.4 Å². The summed E-state index contributed by atoms with van der Waals surface area (Å²) in [5, 5.41) is 4.28. The Kier molecular flexibility index (Phi) is 6.90. The highest BCUT2D eigenvalue weighted by atomic mass is 79.9. The van der Waals surface area contributed by atoms with Gasteiger partial charge in [-0.2, -0.15) is 0 Å². The van der Waals surface area contributed by atoms with Crippen LogP contribution in [0.4, 0.5) is 5.69 Å². The summed E-state index contributed by atoms with van der Waals surface area (Å²) in [6, 6.07) is 16.8. The molecule has 2 rings (SSSR count). The average Bonchev–Trinajstić information content (AvgIpc) is 2.56. The van der Waals surface area contributed by atoms with Crippen LogP contribution < -0.4 is 5.32 Å². The Morgan fingerprint density at radius 2 is 1.78 bits per heavy atom. The summed E-state index contributed by atoms with van der Waals surface area (Å²) in [7, 11) is 0. The molecule has 0 atom stereocenters. The molecule has 0 bridgehead atoms. The Hall–Kier alpha value is -2.05. The van der Waals surface area contributed by atoms with Gasteiger partial charge in [0.2, 0.25) is 0 Å². The summed E-state index contributed by atoms with van der Waals surface area (Å²) >= 11 is 4.72. The number of hydrogen-bond donors (Lipinski definition) is 1. The number of thioether (sulfide) groups is 1. The van der Waals surface area contributed by atoms with E-state index in [0.29, 0.717) is 5.69 Å². The molecule has 0 aromatic heterocycles. The van der Waals surface area contributed by atoms with Crippen molar-refractivity contribution in [1.29, 1.82) is 0 Å². The van der Waals surface area contributed by atoms with Crippen LogP contribution in [0.5, 0.6) is 0 Å². The highest BCUT2D eigenvalue weighted by molar-refractivity contribution is 9.10. The normalized spacial score (nSPS) is 10.5. The second kappa shape index (κ2) is 9.17. The second-order valence-corrected chi connectivity index (χ2v) is 6.20. The number of nitrogens with one attached hydrogen (secondary N) is 1. The van der Waals surface area contributed by atoms with Gasteiger partial charge in [-0.15, -0.1) is 0 Å². The fourth-order valence-electron chi connectivity index (χ4n) is 1.60. The van der Waals surface area contributed by atoms with Crippen LogP contribution in [0.25, 0.3) is 0 Å². The van der Waals surface area contributed by atoms with Crippen LogP contribution in [0.2, 0.25) is 0 Å². The lowest BCUT2D eigenvalue weighted by Gasteiger charge is -2.06. The van der Waals surface area contributed by atoms with Crippen LogP contribution in [0.1, 0.15) is 0 Å². The van der Waals surface area contributed by atoms with E-state index in [-0.39, 0.29) is 6.61 Å². The zero-order valence-corrected chi connectivity index (χ0v) is 14.5. The van der Waals surface area contributed by atoms with Gasteiger partial charge < -0.3 is 10.1 Å². The number of carbonyl (C=O) groups excluding carboxylic acids is 2. The number of rotatable bonds is 6. The molecule has 0 aliphatic heterocycles. The van der Waals surface area contributed by atoms with Crippen LogP contribution in [0.3, 0.4) is 0 Å². The molecule has 0 unspecified atom stereocenters. The average molecular weight is 392 g/mol. The van der Waals surface area contributed by atoms with Gasteiger partial charge in [-0.1, -0.05) is 42.1 Å². The molecule has 0 fully saturated rings. The Labute approximate surface area is 147 Å². The fraction of sp³-hybridized carbons (Fsp3) is 0.0588. The van der Waals surface area contributed by atoms with Crippen molar-refractivity contribution in [2.45, 2.75) is 4.90 Å². The SMILES string of the molecule is O=C(COC(=O)/C=C/Sc1ccccc1)Nc1ccccc1Br. The summed E-state index contributed by atoms with van der Waals surface area (Å²) in [4.78, 5) is 24.3. The molecule has 4 nitrogen and oxygen atoms in total.